The quantitative estimate of drug-likeness (QED) is 0.887. The summed E-state index contributed by atoms with van der Waals surface area (Å²) in [6.45, 7) is 5.65. The number of nitrogens with zero attached hydrogens (tertiary/aromatic N) is 1. The maximum absolute atomic E-state index is 9.80. The monoisotopic (exact) mass is 260 g/mol. The predicted molar refractivity (Wildman–Crippen MR) is 77.7 cm³/mol. The van der Waals surface area contributed by atoms with Crippen molar-refractivity contribution in [2.75, 3.05) is 12.4 Å². The molecular formula is C15H20N2O2. The van der Waals surface area contributed by atoms with Crippen LogP contribution in [0.3, 0.4) is 0 Å². The Morgan fingerprint density at radius 1 is 1.26 bits per heavy atom. The first-order valence-electron chi connectivity index (χ1n) is 6.33. The van der Waals surface area contributed by atoms with Crippen molar-refractivity contribution in [1.29, 1.82) is 0 Å². The van der Waals surface area contributed by atoms with Crippen LogP contribution in [0.2, 0.25) is 0 Å². The first-order valence-corrected chi connectivity index (χ1v) is 6.33. The van der Waals surface area contributed by atoms with Gasteiger partial charge in [0.15, 0.2) is 0 Å². The molecule has 4 nitrogen and oxygen atoms in total. The molecule has 2 N–H and O–H groups in total. The molecule has 0 bridgehead atoms. The number of fused-ring (bicyclic) bond motifs is 1. The molecule has 0 saturated carbocycles. The van der Waals surface area contributed by atoms with Gasteiger partial charge in [-0.15, -0.1) is 0 Å². The van der Waals surface area contributed by atoms with E-state index in [4.69, 9.17) is 4.74 Å². The summed E-state index contributed by atoms with van der Waals surface area (Å²) in [5.74, 6) is 1.57. The molecule has 2 aromatic rings. The topological polar surface area (TPSA) is 54.4 Å². The molecule has 1 aromatic heterocycles. The standard InChI is InChI=1S/C15H20N2O2/c1-10(18)15(2,3)17-14-12-6-5-7-13(19-4)11(12)8-9-16-14/h5-10,18H,1-4H3,(H,16,17). The number of ether oxygens (including phenoxy) is 1. The van der Waals surface area contributed by atoms with E-state index in [0.717, 1.165) is 22.3 Å². The molecule has 0 amide bonds. The molecule has 0 radical (unpaired) electrons. The Labute approximate surface area is 113 Å². The first kappa shape index (κ1) is 13.6. The van der Waals surface area contributed by atoms with Gasteiger partial charge in [0.2, 0.25) is 0 Å². The fraction of sp³-hybridized carbons (Fsp3) is 0.400. The van der Waals surface area contributed by atoms with Crippen LogP contribution in [0.25, 0.3) is 10.8 Å². The number of benzene rings is 1. The van der Waals surface area contributed by atoms with Gasteiger partial charge in [-0.25, -0.2) is 4.98 Å². The summed E-state index contributed by atoms with van der Waals surface area (Å²) in [5, 5.41) is 15.1. The Kier molecular flexibility index (Phi) is 3.62. The third-order valence-corrected chi connectivity index (χ3v) is 3.47. The highest BCUT2D eigenvalue weighted by molar-refractivity contribution is 5.96. The number of aliphatic hydroxyl groups excluding tert-OH is 1. The van der Waals surface area contributed by atoms with Crippen molar-refractivity contribution in [1.82, 2.24) is 4.98 Å². The number of aromatic nitrogens is 1. The zero-order chi connectivity index (χ0) is 14.0. The van der Waals surface area contributed by atoms with Crippen molar-refractivity contribution in [3.63, 3.8) is 0 Å². The van der Waals surface area contributed by atoms with Gasteiger partial charge in [-0.1, -0.05) is 12.1 Å². The van der Waals surface area contributed by atoms with Gasteiger partial charge in [-0.2, -0.15) is 0 Å². The van der Waals surface area contributed by atoms with Crippen LogP contribution in [0.5, 0.6) is 5.75 Å². The lowest BCUT2D eigenvalue weighted by atomic mass is 9.98. The molecular weight excluding hydrogens is 240 g/mol. The summed E-state index contributed by atoms with van der Waals surface area (Å²) in [6, 6.07) is 7.77. The Morgan fingerprint density at radius 3 is 2.63 bits per heavy atom. The summed E-state index contributed by atoms with van der Waals surface area (Å²) >= 11 is 0. The van der Waals surface area contributed by atoms with Crippen LogP contribution in [0.1, 0.15) is 20.8 Å². The smallest absolute Gasteiger partial charge is 0.134 e. The van der Waals surface area contributed by atoms with Gasteiger partial charge in [0.1, 0.15) is 11.6 Å². The van der Waals surface area contributed by atoms with Crippen LogP contribution < -0.4 is 10.1 Å². The lowest BCUT2D eigenvalue weighted by molar-refractivity contribution is 0.133. The zero-order valence-corrected chi connectivity index (χ0v) is 11.8. The van der Waals surface area contributed by atoms with Gasteiger partial charge in [0.25, 0.3) is 0 Å². The fourth-order valence-electron chi connectivity index (χ4n) is 1.87. The van der Waals surface area contributed by atoms with Gasteiger partial charge in [0.05, 0.1) is 18.8 Å². The minimum Gasteiger partial charge on any atom is -0.496 e. The molecule has 1 aromatic carbocycles. The minimum absolute atomic E-state index is 0.454. The molecule has 0 aliphatic heterocycles. The van der Waals surface area contributed by atoms with E-state index in [-0.39, 0.29) is 0 Å². The molecule has 102 valence electrons. The Bertz CT molecular complexity index is 579. The normalized spacial score (nSPS) is 13.3. The molecule has 1 atom stereocenters. The second kappa shape index (κ2) is 5.05. The second-order valence-electron chi connectivity index (χ2n) is 5.24. The van der Waals surface area contributed by atoms with E-state index in [1.165, 1.54) is 0 Å². The van der Waals surface area contributed by atoms with Gasteiger partial charge in [-0.3, -0.25) is 0 Å². The molecule has 0 aliphatic carbocycles. The summed E-state index contributed by atoms with van der Waals surface area (Å²) in [7, 11) is 1.65. The highest BCUT2D eigenvalue weighted by atomic mass is 16.5. The van der Waals surface area contributed by atoms with Crippen LogP contribution in [0.4, 0.5) is 5.82 Å². The van der Waals surface area contributed by atoms with Crippen molar-refractivity contribution < 1.29 is 9.84 Å². The molecule has 19 heavy (non-hydrogen) atoms. The third-order valence-electron chi connectivity index (χ3n) is 3.47. The molecule has 1 unspecified atom stereocenters. The third kappa shape index (κ3) is 2.63. The maximum atomic E-state index is 9.80. The number of hydrogen-bond acceptors (Lipinski definition) is 4. The summed E-state index contributed by atoms with van der Waals surface area (Å²) in [5.41, 5.74) is -0.454. The molecule has 2 rings (SSSR count). The number of rotatable bonds is 4. The van der Waals surface area contributed by atoms with Crippen molar-refractivity contribution in [2.45, 2.75) is 32.4 Å². The average molecular weight is 260 g/mol. The summed E-state index contributed by atoms with van der Waals surface area (Å²) < 4.78 is 5.36. The van der Waals surface area contributed by atoms with E-state index in [9.17, 15) is 5.11 Å². The average Bonchev–Trinajstić information content (AvgIpc) is 2.38. The van der Waals surface area contributed by atoms with Crippen molar-refractivity contribution in [3.05, 3.63) is 30.5 Å². The Morgan fingerprint density at radius 2 is 2.00 bits per heavy atom. The van der Waals surface area contributed by atoms with E-state index in [0.29, 0.717) is 0 Å². The second-order valence-corrected chi connectivity index (χ2v) is 5.24. The highest BCUT2D eigenvalue weighted by Crippen LogP contribution is 2.30. The van der Waals surface area contributed by atoms with Crippen LogP contribution in [-0.4, -0.2) is 28.8 Å². The zero-order valence-electron chi connectivity index (χ0n) is 11.8. The molecule has 0 spiro atoms. The number of nitrogens with one attached hydrogen (secondary N) is 1. The van der Waals surface area contributed by atoms with E-state index < -0.39 is 11.6 Å². The van der Waals surface area contributed by atoms with Crippen molar-refractivity contribution >= 4 is 16.6 Å². The van der Waals surface area contributed by atoms with E-state index in [1.807, 2.05) is 38.1 Å². The lowest BCUT2D eigenvalue weighted by Gasteiger charge is -2.30. The van der Waals surface area contributed by atoms with Gasteiger partial charge < -0.3 is 15.2 Å². The van der Waals surface area contributed by atoms with Crippen molar-refractivity contribution in [3.8, 4) is 5.75 Å². The van der Waals surface area contributed by atoms with Crippen LogP contribution >= 0.6 is 0 Å². The predicted octanol–water partition coefficient (Wildman–Crippen LogP) is 2.81. The van der Waals surface area contributed by atoms with Crippen LogP contribution in [-0.2, 0) is 0 Å². The number of hydrogen-bond donors (Lipinski definition) is 2. The summed E-state index contributed by atoms with van der Waals surface area (Å²) in [6.07, 6.45) is 1.25. The Balaban J connectivity index is 2.50. The number of methoxy groups -OCH3 is 1. The van der Waals surface area contributed by atoms with Gasteiger partial charge >= 0.3 is 0 Å². The van der Waals surface area contributed by atoms with E-state index in [1.54, 1.807) is 20.2 Å². The summed E-state index contributed by atoms with van der Waals surface area (Å²) in [4.78, 5) is 4.37. The number of anilines is 1. The lowest BCUT2D eigenvalue weighted by Crippen LogP contribution is -2.42. The molecule has 0 fully saturated rings. The van der Waals surface area contributed by atoms with E-state index >= 15 is 0 Å². The van der Waals surface area contributed by atoms with E-state index in [2.05, 4.69) is 10.3 Å². The fourth-order valence-corrected chi connectivity index (χ4v) is 1.87. The highest BCUT2D eigenvalue weighted by Gasteiger charge is 2.24. The van der Waals surface area contributed by atoms with Gasteiger partial charge in [0, 0.05) is 17.0 Å². The van der Waals surface area contributed by atoms with Gasteiger partial charge in [-0.05, 0) is 32.9 Å². The number of aliphatic hydroxyl groups is 1. The molecule has 0 aliphatic rings. The first-order chi connectivity index (χ1) is 8.95. The largest absolute Gasteiger partial charge is 0.496 e. The number of pyridine rings is 1. The van der Waals surface area contributed by atoms with Crippen molar-refractivity contribution in [2.24, 2.45) is 0 Å². The molecule has 1 heterocycles. The minimum atomic E-state index is -0.491. The molecule has 0 saturated heterocycles. The molecule has 4 heteroatoms. The van der Waals surface area contributed by atoms with Crippen LogP contribution in [0.15, 0.2) is 30.5 Å². The Hall–Kier alpha value is -1.81. The SMILES string of the molecule is COc1cccc2c(NC(C)(C)C(C)O)nccc12. The van der Waals surface area contributed by atoms with Crippen LogP contribution in [0, 0.1) is 0 Å². The maximum Gasteiger partial charge on any atom is 0.134 e.